The Hall–Kier alpha value is -3.07. The quantitative estimate of drug-likeness (QED) is 0.0212. The van der Waals surface area contributed by atoms with E-state index in [-0.39, 0.29) is 18.9 Å². The van der Waals surface area contributed by atoms with Gasteiger partial charge in [-0.3, -0.25) is 14.2 Å². The predicted molar refractivity (Wildman–Crippen MR) is 348 cm³/mol. The number of unbranched alkanes of at least 4 members (excludes halogenated alkanes) is 30. The van der Waals surface area contributed by atoms with E-state index in [4.69, 9.17) is 13.8 Å². The van der Waals surface area contributed by atoms with Gasteiger partial charge in [-0.1, -0.05) is 266 Å². The summed E-state index contributed by atoms with van der Waals surface area (Å²) in [4.78, 5) is 40.0. The SMILES string of the molecule is CCCCC/C=C\C/C=C\C/C=C\C/C=C\CCCC(=O)OC(/C=C\CCCCCCCCCCC)C(COP(=O)([O-])OCC[N+](C)(C)C)NC(=O)CCCCCCCCCCCCCCCC/C=C\C/C=C\C/C=C\CCCCC. The van der Waals surface area contributed by atoms with Gasteiger partial charge in [0.15, 0.2) is 0 Å². The number of allylic oxidation sites excluding steroid dienone is 15. The molecule has 0 heterocycles. The molecule has 0 saturated carbocycles. The number of amides is 1. The van der Waals surface area contributed by atoms with E-state index >= 15 is 0 Å². The summed E-state index contributed by atoms with van der Waals surface area (Å²) in [6.07, 6.45) is 81.1. The van der Waals surface area contributed by atoms with E-state index in [2.05, 4.69) is 111 Å². The molecule has 0 aromatic carbocycles. The fourth-order valence-electron chi connectivity index (χ4n) is 9.29. The van der Waals surface area contributed by atoms with Crippen LogP contribution < -0.4 is 10.2 Å². The monoisotopic (exact) mass is 1150 g/mol. The van der Waals surface area contributed by atoms with Crippen molar-refractivity contribution in [2.24, 2.45) is 0 Å². The fourth-order valence-corrected chi connectivity index (χ4v) is 10.0. The van der Waals surface area contributed by atoms with E-state index in [0.717, 1.165) is 83.5 Å². The van der Waals surface area contributed by atoms with Crippen molar-refractivity contribution < 1.29 is 37.3 Å². The molecule has 468 valence electrons. The van der Waals surface area contributed by atoms with Gasteiger partial charge in [-0.2, -0.15) is 0 Å². The summed E-state index contributed by atoms with van der Waals surface area (Å²) in [6.45, 7) is 6.75. The molecule has 0 aliphatic carbocycles. The van der Waals surface area contributed by atoms with Crippen molar-refractivity contribution in [3.63, 3.8) is 0 Å². The second-order valence-electron chi connectivity index (χ2n) is 23.6. The Morgan fingerprint density at radius 1 is 0.432 bits per heavy atom. The minimum absolute atomic E-state index is 0.0341. The first kappa shape index (κ1) is 77.9. The average molecular weight is 1150 g/mol. The highest BCUT2D eigenvalue weighted by Gasteiger charge is 2.27. The number of phosphoric acid groups is 1. The van der Waals surface area contributed by atoms with Gasteiger partial charge in [0.2, 0.25) is 5.91 Å². The number of esters is 1. The van der Waals surface area contributed by atoms with Crippen molar-refractivity contribution in [3.05, 3.63) is 97.2 Å². The van der Waals surface area contributed by atoms with Crippen LogP contribution in [-0.4, -0.2) is 69.4 Å². The highest BCUT2D eigenvalue weighted by molar-refractivity contribution is 7.45. The topological polar surface area (TPSA) is 114 Å². The Kier molecular flexibility index (Phi) is 57.8. The van der Waals surface area contributed by atoms with Crippen LogP contribution in [0.1, 0.15) is 290 Å². The van der Waals surface area contributed by atoms with Crippen LogP contribution >= 0.6 is 7.82 Å². The summed E-state index contributed by atoms with van der Waals surface area (Å²) >= 11 is 0. The van der Waals surface area contributed by atoms with Gasteiger partial charge in [-0.05, 0) is 109 Å². The van der Waals surface area contributed by atoms with E-state index in [1.54, 1.807) is 0 Å². The first-order valence-corrected chi connectivity index (χ1v) is 35.0. The Morgan fingerprint density at radius 3 is 1.17 bits per heavy atom. The lowest BCUT2D eigenvalue weighted by molar-refractivity contribution is -0.870. The number of likely N-dealkylation sites (N-methyl/N-ethyl adjacent to an activating group) is 1. The summed E-state index contributed by atoms with van der Waals surface area (Å²) in [5.74, 6) is -0.607. The maximum absolute atomic E-state index is 13.6. The Bertz CT molecular complexity index is 1710. The molecule has 0 aliphatic rings. The van der Waals surface area contributed by atoms with Crippen LogP contribution in [0.3, 0.4) is 0 Å². The molecule has 0 aromatic heterocycles. The number of hydrogen-bond acceptors (Lipinski definition) is 7. The molecule has 0 rings (SSSR count). The number of rotatable bonds is 60. The molecule has 9 nitrogen and oxygen atoms in total. The molecular formula is C71H127N2O7P. The molecule has 0 bridgehead atoms. The zero-order valence-corrected chi connectivity index (χ0v) is 54.4. The summed E-state index contributed by atoms with van der Waals surface area (Å²) < 4.78 is 30.3. The number of hydrogen-bond donors (Lipinski definition) is 1. The van der Waals surface area contributed by atoms with Gasteiger partial charge in [0.25, 0.3) is 7.82 Å². The molecule has 3 unspecified atom stereocenters. The third kappa shape index (κ3) is 61.3. The molecule has 0 aliphatic heterocycles. The fraction of sp³-hybridized carbons (Fsp3) is 0.746. The minimum atomic E-state index is -4.72. The highest BCUT2D eigenvalue weighted by Crippen LogP contribution is 2.38. The van der Waals surface area contributed by atoms with Gasteiger partial charge in [0.05, 0.1) is 33.8 Å². The average Bonchev–Trinajstić information content (AvgIpc) is 3.43. The number of carbonyl (C=O) groups is 2. The lowest BCUT2D eigenvalue weighted by atomic mass is 10.0. The molecule has 81 heavy (non-hydrogen) atoms. The molecule has 0 aromatic rings. The van der Waals surface area contributed by atoms with Gasteiger partial charge >= 0.3 is 5.97 Å². The maximum Gasteiger partial charge on any atom is 0.306 e. The Morgan fingerprint density at radius 2 is 0.765 bits per heavy atom. The lowest BCUT2D eigenvalue weighted by Gasteiger charge is -2.30. The summed E-state index contributed by atoms with van der Waals surface area (Å²) in [5.41, 5.74) is 0. The number of quaternary nitrogens is 1. The normalized spacial score (nSPS) is 14.2. The van der Waals surface area contributed by atoms with Crippen LogP contribution in [0.25, 0.3) is 0 Å². The number of ether oxygens (including phenoxy) is 1. The van der Waals surface area contributed by atoms with Crippen molar-refractivity contribution in [1.29, 1.82) is 0 Å². The standard InChI is InChI=1S/C71H127N2O7P/c1-7-10-13-16-19-22-25-27-29-31-32-33-34-35-36-37-38-39-40-42-43-45-48-51-54-57-60-63-70(74)72-68(67-79-81(76,77)78-66-65-73(4,5)6)69(62-59-56-53-50-47-24-21-18-15-12-9-3)80-71(75)64-61-58-55-52-49-46-44-41-30-28-26-23-20-17-14-11-8-2/h19-20,22-23,27-30,32-33,44,46,52,55,59,62,68-69H,7-18,21,24-26,31,34-43,45,47-51,53-54,56-58,60-61,63-67H2,1-6H3,(H-,72,74,76,77)/b22-19-,23-20-,29-27-,30-28-,33-32-,46-44-,55-52-,62-59-. The van der Waals surface area contributed by atoms with Gasteiger partial charge in [-0.25, -0.2) is 0 Å². The van der Waals surface area contributed by atoms with Crippen molar-refractivity contribution >= 4 is 19.7 Å². The number of nitrogens with zero attached hydrogens (tertiary/aromatic N) is 1. The summed E-state index contributed by atoms with van der Waals surface area (Å²) in [6, 6.07) is -0.915. The molecule has 0 fully saturated rings. The van der Waals surface area contributed by atoms with Crippen molar-refractivity contribution in [2.75, 3.05) is 40.9 Å². The first-order valence-electron chi connectivity index (χ1n) is 33.5. The van der Waals surface area contributed by atoms with Crippen molar-refractivity contribution in [1.82, 2.24) is 5.32 Å². The third-order valence-corrected chi connectivity index (χ3v) is 15.5. The smallest absolute Gasteiger partial charge is 0.306 e. The predicted octanol–water partition coefficient (Wildman–Crippen LogP) is 20.5. The number of phosphoric ester groups is 1. The summed E-state index contributed by atoms with van der Waals surface area (Å²) in [5, 5.41) is 3.02. The second-order valence-corrected chi connectivity index (χ2v) is 25.0. The van der Waals surface area contributed by atoms with Gasteiger partial charge in [0.1, 0.15) is 19.3 Å². The molecule has 10 heteroatoms. The van der Waals surface area contributed by atoms with E-state index in [9.17, 15) is 19.0 Å². The van der Waals surface area contributed by atoms with Crippen molar-refractivity contribution in [2.45, 2.75) is 303 Å². The molecule has 1 amide bonds. The zero-order chi connectivity index (χ0) is 59.3. The highest BCUT2D eigenvalue weighted by atomic mass is 31.2. The number of nitrogens with one attached hydrogen (secondary N) is 1. The molecule has 3 atom stereocenters. The first-order chi connectivity index (χ1) is 39.4. The third-order valence-electron chi connectivity index (χ3n) is 14.5. The second kappa shape index (κ2) is 60.1. The van der Waals surface area contributed by atoms with Crippen LogP contribution in [0.15, 0.2) is 97.2 Å². The Labute approximate surface area is 500 Å². The van der Waals surface area contributed by atoms with E-state index in [1.807, 2.05) is 33.3 Å². The largest absolute Gasteiger partial charge is 0.756 e. The molecule has 1 N–H and O–H groups in total. The molecule has 0 radical (unpaired) electrons. The van der Waals surface area contributed by atoms with Crippen LogP contribution in [0.4, 0.5) is 0 Å². The van der Waals surface area contributed by atoms with Gasteiger partial charge in [-0.15, -0.1) is 0 Å². The molecular weight excluding hydrogens is 1020 g/mol. The minimum Gasteiger partial charge on any atom is -0.756 e. The van der Waals surface area contributed by atoms with Crippen LogP contribution in [0.2, 0.25) is 0 Å². The molecule has 0 spiro atoms. The number of carbonyl (C=O) groups excluding carboxylic acids is 2. The zero-order valence-electron chi connectivity index (χ0n) is 53.5. The molecule has 0 saturated heterocycles. The Balaban J connectivity index is 5.09. The lowest BCUT2D eigenvalue weighted by Crippen LogP contribution is -2.47. The van der Waals surface area contributed by atoms with Gasteiger partial charge in [0, 0.05) is 12.8 Å². The van der Waals surface area contributed by atoms with Crippen LogP contribution in [-0.2, 0) is 27.9 Å². The van der Waals surface area contributed by atoms with E-state index in [1.165, 1.54) is 167 Å². The van der Waals surface area contributed by atoms with E-state index in [0.29, 0.717) is 23.9 Å². The maximum atomic E-state index is 13.6. The van der Waals surface area contributed by atoms with Crippen molar-refractivity contribution in [3.8, 4) is 0 Å². The van der Waals surface area contributed by atoms with Crippen LogP contribution in [0.5, 0.6) is 0 Å². The van der Waals surface area contributed by atoms with Gasteiger partial charge < -0.3 is 28.5 Å². The van der Waals surface area contributed by atoms with E-state index < -0.39 is 32.5 Å². The summed E-state index contributed by atoms with van der Waals surface area (Å²) in [7, 11) is 1.15. The van der Waals surface area contributed by atoms with Crippen LogP contribution in [0, 0.1) is 0 Å².